The van der Waals surface area contributed by atoms with Crippen molar-refractivity contribution in [2.45, 2.75) is 66.1 Å². The molecule has 1 atom stereocenters. The van der Waals surface area contributed by atoms with Crippen LogP contribution < -0.4 is 9.62 Å². The number of hydrogen-bond donors (Lipinski definition) is 1. The van der Waals surface area contributed by atoms with Crippen molar-refractivity contribution in [3.8, 4) is 0 Å². The van der Waals surface area contributed by atoms with Crippen LogP contribution in [0, 0.1) is 19.7 Å². The lowest BCUT2D eigenvalue weighted by Gasteiger charge is -2.30. The van der Waals surface area contributed by atoms with E-state index >= 15 is 0 Å². The quantitative estimate of drug-likeness (QED) is 0.501. The van der Waals surface area contributed by atoms with Gasteiger partial charge < -0.3 is 10.2 Å². The van der Waals surface area contributed by atoms with Gasteiger partial charge in [0, 0.05) is 31.1 Å². The second-order valence-corrected chi connectivity index (χ2v) is 11.1. The van der Waals surface area contributed by atoms with Crippen molar-refractivity contribution in [2.24, 2.45) is 0 Å². The number of hydrogen-bond acceptors (Lipinski definition) is 4. The third kappa shape index (κ3) is 8.06. The molecule has 2 aromatic carbocycles. The van der Waals surface area contributed by atoms with E-state index < -0.39 is 21.9 Å². The zero-order valence-corrected chi connectivity index (χ0v) is 22.2. The van der Waals surface area contributed by atoms with Gasteiger partial charge in [-0.2, -0.15) is 0 Å². The van der Waals surface area contributed by atoms with Crippen LogP contribution in [-0.4, -0.2) is 50.0 Å². The molecule has 0 heterocycles. The van der Waals surface area contributed by atoms with Crippen LogP contribution in [0.4, 0.5) is 10.1 Å². The first kappa shape index (κ1) is 28.3. The molecule has 2 amide bonds. The molecule has 0 aliphatic carbocycles. The number of sulfonamides is 1. The van der Waals surface area contributed by atoms with Gasteiger partial charge in [-0.1, -0.05) is 30.3 Å². The molecule has 1 N–H and O–H groups in total. The average molecular weight is 506 g/mol. The second-order valence-electron chi connectivity index (χ2n) is 9.18. The van der Waals surface area contributed by atoms with Crippen molar-refractivity contribution in [1.82, 2.24) is 10.2 Å². The number of benzene rings is 2. The Labute approximate surface area is 208 Å². The maximum absolute atomic E-state index is 14.3. The van der Waals surface area contributed by atoms with Crippen molar-refractivity contribution >= 4 is 27.5 Å². The van der Waals surface area contributed by atoms with Gasteiger partial charge in [-0.05, 0) is 64.3 Å². The summed E-state index contributed by atoms with van der Waals surface area (Å²) in [5.41, 5.74) is 2.62. The number of anilines is 1. The largest absolute Gasteiger partial charge is 0.352 e. The summed E-state index contributed by atoms with van der Waals surface area (Å²) in [6, 6.07) is 10.8. The molecule has 192 valence electrons. The molecule has 0 fully saturated rings. The van der Waals surface area contributed by atoms with Crippen LogP contribution in [-0.2, 0) is 26.2 Å². The standard InChI is InChI=1S/C26H36FN3O4S/c1-18(2)28-26(32)21(5)29(17-22-10-7-8-11-23(22)27)25(31)12-9-15-30(35(6,33)34)24-16-19(3)13-14-20(24)4/h7-8,10-11,13-14,16,18,21H,9,12,15,17H2,1-6H3,(H,28,32). The molecule has 0 aliphatic rings. The lowest BCUT2D eigenvalue weighted by Crippen LogP contribution is -2.49. The topological polar surface area (TPSA) is 86.8 Å². The maximum Gasteiger partial charge on any atom is 0.242 e. The molecule has 0 aliphatic heterocycles. The number of halogens is 1. The van der Waals surface area contributed by atoms with Gasteiger partial charge in [0.25, 0.3) is 0 Å². The van der Waals surface area contributed by atoms with Crippen LogP contribution in [0.3, 0.4) is 0 Å². The second kappa shape index (κ2) is 12.2. The van der Waals surface area contributed by atoms with Gasteiger partial charge in [-0.25, -0.2) is 12.8 Å². The van der Waals surface area contributed by atoms with Crippen LogP contribution in [0.5, 0.6) is 0 Å². The normalized spacial score (nSPS) is 12.3. The Kier molecular flexibility index (Phi) is 9.82. The molecule has 2 aromatic rings. The molecular formula is C26H36FN3O4S. The monoisotopic (exact) mass is 505 g/mol. The lowest BCUT2D eigenvalue weighted by molar-refractivity contribution is -0.140. The Bertz CT molecular complexity index is 1150. The van der Waals surface area contributed by atoms with Gasteiger partial charge in [0.1, 0.15) is 11.9 Å². The first-order valence-corrected chi connectivity index (χ1v) is 13.5. The van der Waals surface area contributed by atoms with Gasteiger partial charge >= 0.3 is 0 Å². The summed E-state index contributed by atoms with van der Waals surface area (Å²) < 4.78 is 40.7. The molecular weight excluding hydrogens is 469 g/mol. The number of aryl methyl sites for hydroxylation is 2. The molecule has 0 bridgehead atoms. The van der Waals surface area contributed by atoms with Crippen molar-refractivity contribution in [3.63, 3.8) is 0 Å². The fourth-order valence-corrected chi connectivity index (χ4v) is 4.78. The number of amides is 2. The fourth-order valence-electron chi connectivity index (χ4n) is 3.77. The predicted molar refractivity (Wildman–Crippen MR) is 137 cm³/mol. The van der Waals surface area contributed by atoms with Crippen LogP contribution in [0.2, 0.25) is 0 Å². The zero-order valence-electron chi connectivity index (χ0n) is 21.3. The summed E-state index contributed by atoms with van der Waals surface area (Å²) in [5.74, 6) is -1.15. The van der Waals surface area contributed by atoms with E-state index in [1.807, 2.05) is 39.8 Å². The zero-order chi connectivity index (χ0) is 26.3. The average Bonchev–Trinajstić information content (AvgIpc) is 2.76. The van der Waals surface area contributed by atoms with Crippen LogP contribution in [0.1, 0.15) is 50.3 Å². The number of nitrogens with zero attached hydrogens (tertiary/aromatic N) is 2. The summed E-state index contributed by atoms with van der Waals surface area (Å²) >= 11 is 0. The minimum Gasteiger partial charge on any atom is -0.352 e. The Balaban J connectivity index is 2.22. The number of carbonyl (C=O) groups excluding carboxylic acids is 2. The molecule has 7 nitrogen and oxygen atoms in total. The van der Waals surface area contributed by atoms with Crippen LogP contribution in [0.15, 0.2) is 42.5 Å². The summed E-state index contributed by atoms with van der Waals surface area (Å²) in [5, 5.41) is 2.79. The highest BCUT2D eigenvalue weighted by Crippen LogP contribution is 2.25. The van der Waals surface area contributed by atoms with E-state index in [1.165, 1.54) is 15.3 Å². The Morgan fingerprint density at radius 1 is 1.06 bits per heavy atom. The van der Waals surface area contributed by atoms with E-state index in [0.29, 0.717) is 11.3 Å². The van der Waals surface area contributed by atoms with Gasteiger partial charge in [0.15, 0.2) is 0 Å². The minimum absolute atomic E-state index is 0.00460. The van der Waals surface area contributed by atoms with E-state index in [-0.39, 0.29) is 43.8 Å². The van der Waals surface area contributed by atoms with Gasteiger partial charge in [-0.15, -0.1) is 0 Å². The van der Waals surface area contributed by atoms with Gasteiger partial charge in [0.2, 0.25) is 21.8 Å². The molecule has 0 spiro atoms. The fraction of sp³-hybridized carbons (Fsp3) is 0.462. The highest BCUT2D eigenvalue weighted by Gasteiger charge is 2.27. The number of carbonyl (C=O) groups is 2. The van der Waals surface area contributed by atoms with E-state index in [9.17, 15) is 22.4 Å². The number of rotatable bonds is 11. The highest BCUT2D eigenvalue weighted by atomic mass is 32.2. The number of nitrogens with one attached hydrogen (secondary N) is 1. The predicted octanol–water partition coefficient (Wildman–Crippen LogP) is 3.93. The molecule has 0 radical (unpaired) electrons. The van der Waals surface area contributed by atoms with Crippen LogP contribution >= 0.6 is 0 Å². The summed E-state index contributed by atoms with van der Waals surface area (Å²) in [4.78, 5) is 27.2. The summed E-state index contributed by atoms with van der Waals surface area (Å²) in [7, 11) is -3.58. The minimum atomic E-state index is -3.58. The van der Waals surface area contributed by atoms with Crippen molar-refractivity contribution in [1.29, 1.82) is 0 Å². The third-order valence-corrected chi connectivity index (χ3v) is 6.86. The molecule has 35 heavy (non-hydrogen) atoms. The smallest absolute Gasteiger partial charge is 0.242 e. The van der Waals surface area contributed by atoms with E-state index in [1.54, 1.807) is 31.2 Å². The van der Waals surface area contributed by atoms with Crippen molar-refractivity contribution < 1.29 is 22.4 Å². The van der Waals surface area contributed by atoms with Crippen molar-refractivity contribution in [3.05, 3.63) is 65.0 Å². The van der Waals surface area contributed by atoms with E-state index in [0.717, 1.165) is 17.4 Å². The molecule has 1 unspecified atom stereocenters. The SMILES string of the molecule is Cc1ccc(C)c(N(CCCC(=O)N(Cc2ccccc2F)C(C)C(=O)NC(C)C)S(C)(=O)=O)c1. The third-order valence-electron chi connectivity index (χ3n) is 5.68. The van der Waals surface area contributed by atoms with Gasteiger partial charge in [0.05, 0.1) is 11.9 Å². The summed E-state index contributed by atoms with van der Waals surface area (Å²) in [6.07, 6.45) is 1.38. The molecule has 0 aromatic heterocycles. The molecule has 2 rings (SSSR count). The Morgan fingerprint density at radius 2 is 1.71 bits per heavy atom. The Morgan fingerprint density at radius 3 is 2.31 bits per heavy atom. The summed E-state index contributed by atoms with van der Waals surface area (Å²) in [6.45, 7) is 9.01. The van der Waals surface area contributed by atoms with Crippen LogP contribution in [0.25, 0.3) is 0 Å². The first-order valence-electron chi connectivity index (χ1n) is 11.7. The highest BCUT2D eigenvalue weighted by molar-refractivity contribution is 7.92. The first-order chi connectivity index (χ1) is 16.3. The molecule has 0 saturated heterocycles. The van der Waals surface area contributed by atoms with Gasteiger partial charge in [-0.3, -0.25) is 13.9 Å². The lowest BCUT2D eigenvalue weighted by atomic mass is 10.1. The van der Waals surface area contributed by atoms with E-state index in [4.69, 9.17) is 0 Å². The maximum atomic E-state index is 14.3. The Hall–Kier alpha value is -2.94. The molecule has 0 saturated carbocycles. The van der Waals surface area contributed by atoms with Crippen molar-refractivity contribution in [2.75, 3.05) is 17.1 Å². The van der Waals surface area contributed by atoms with E-state index in [2.05, 4.69) is 5.32 Å². The molecule has 9 heteroatoms.